The Morgan fingerprint density at radius 2 is 2.07 bits per heavy atom. The smallest absolute Gasteiger partial charge is 0.163 e. The highest BCUT2D eigenvalue weighted by molar-refractivity contribution is 6.08. The maximum atomic E-state index is 11.6. The van der Waals surface area contributed by atoms with Crippen molar-refractivity contribution in [3.63, 3.8) is 0 Å². The third-order valence-corrected chi connectivity index (χ3v) is 2.49. The van der Waals surface area contributed by atoms with Gasteiger partial charge in [-0.1, -0.05) is 25.1 Å². The van der Waals surface area contributed by atoms with Crippen LogP contribution in [0.4, 0.5) is 0 Å². The summed E-state index contributed by atoms with van der Waals surface area (Å²) in [6.45, 7) is 1.85. The van der Waals surface area contributed by atoms with Gasteiger partial charge in [-0.25, -0.2) is 0 Å². The highest BCUT2D eigenvalue weighted by Gasteiger charge is 2.07. The molecule has 0 aliphatic carbocycles. The number of phenols is 1. The van der Waals surface area contributed by atoms with Crippen molar-refractivity contribution in [2.45, 2.75) is 13.3 Å². The van der Waals surface area contributed by atoms with E-state index in [9.17, 15) is 9.90 Å². The van der Waals surface area contributed by atoms with Crippen molar-refractivity contribution in [1.29, 1.82) is 0 Å². The van der Waals surface area contributed by atoms with Crippen LogP contribution in [0, 0.1) is 0 Å². The molecule has 0 radical (unpaired) electrons. The highest BCUT2D eigenvalue weighted by atomic mass is 16.3. The molecule has 0 unspecified atom stereocenters. The molecule has 2 nitrogen and oxygen atoms in total. The lowest BCUT2D eigenvalue weighted by Gasteiger charge is -2.04. The number of carbonyl (C=O) groups excluding carboxylic acids is 1. The van der Waals surface area contributed by atoms with Crippen molar-refractivity contribution in [3.8, 4) is 5.75 Å². The first-order chi connectivity index (χ1) is 7.22. The normalized spacial score (nSPS) is 10.5. The van der Waals surface area contributed by atoms with Gasteiger partial charge in [-0.15, -0.1) is 0 Å². The second kappa shape index (κ2) is 3.73. The number of Topliss-reactive ketones (excluding diaryl/α,β-unsaturated/α-hetero) is 1. The minimum Gasteiger partial charge on any atom is -0.508 e. The fourth-order valence-electron chi connectivity index (χ4n) is 1.70. The molecule has 0 atom stereocenters. The van der Waals surface area contributed by atoms with Gasteiger partial charge in [0.2, 0.25) is 0 Å². The first-order valence-corrected chi connectivity index (χ1v) is 4.97. The van der Waals surface area contributed by atoms with Gasteiger partial charge in [0.25, 0.3) is 0 Å². The number of carbonyl (C=O) groups is 1. The van der Waals surface area contributed by atoms with E-state index in [-0.39, 0.29) is 11.5 Å². The van der Waals surface area contributed by atoms with Crippen molar-refractivity contribution >= 4 is 16.6 Å². The monoisotopic (exact) mass is 200 g/mol. The van der Waals surface area contributed by atoms with Crippen molar-refractivity contribution < 1.29 is 9.90 Å². The summed E-state index contributed by atoms with van der Waals surface area (Å²) in [5.41, 5.74) is 0.731. The summed E-state index contributed by atoms with van der Waals surface area (Å²) in [7, 11) is 0. The SMILES string of the molecule is CCC(=O)c1cccc2cc(O)ccc12. The second-order valence-corrected chi connectivity index (χ2v) is 3.49. The number of ketones is 1. The molecular weight excluding hydrogens is 188 g/mol. The van der Waals surface area contributed by atoms with Gasteiger partial charge < -0.3 is 5.11 Å². The van der Waals surface area contributed by atoms with Gasteiger partial charge in [0, 0.05) is 12.0 Å². The minimum absolute atomic E-state index is 0.131. The van der Waals surface area contributed by atoms with Crippen LogP contribution in [0.5, 0.6) is 5.75 Å². The summed E-state index contributed by atoms with van der Waals surface area (Å²) in [6, 6.07) is 10.6. The summed E-state index contributed by atoms with van der Waals surface area (Å²) in [4.78, 5) is 11.6. The Labute approximate surface area is 88.2 Å². The molecule has 15 heavy (non-hydrogen) atoms. The molecule has 76 valence electrons. The Morgan fingerprint density at radius 3 is 2.80 bits per heavy atom. The Hall–Kier alpha value is -1.83. The molecule has 0 aliphatic heterocycles. The van der Waals surface area contributed by atoms with Crippen LogP contribution in [0.3, 0.4) is 0 Å². The topological polar surface area (TPSA) is 37.3 Å². The van der Waals surface area contributed by atoms with Crippen LogP contribution in [0.2, 0.25) is 0 Å². The first-order valence-electron chi connectivity index (χ1n) is 4.97. The molecular formula is C13H12O2. The fourth-order valence-corrected chi connectivity index (χ4v) is 1.70. The van der Waals surface area contributed by atoms with Crippen LogP contribution >= 0.6 is 0 Å². The van der Waals surface area contributed by atoms with Crippen LogP contribution in [0.15, 0.2) is 36.4 Å². The molecule has 0 heterocycles. The van der Waals surface area contributed by atoms with Gasteiger partial charge in [-0.2, -0.15) is 0 Å². The van der Waals surface area contributed by atoms with E-state index >= 15 is 0 Å². The predicted octanol–water partition coefficient (Wildman–Crippen LogP) is 3.14. The molecule has 0 aromatic heterocycles. The highest BCUT2D eigenvalue weighted by Crippen LogP contribution is 2.23. The second-order valence-electron chi connectivity index (χ2n) is 3.49. The van der Waals surface area contributed by atoms with Crippen LogP contribution in [0.25, 0.3) is 10.8 Å². The molecule has 0 spiro atoms. The first kappa shape index (κ1) is 9.71. The van der Waals surface area contributed by atoms with Crippen molar-refractivity contribution in [1.82, 2.24) is 0 Å². The summed E-state index contributed by atoms with van der Waals surface area (Å²) in [5, 5.41) is 11.1. The summed E-state index contributed by atoms with van der Waals surface area (Å²) >= 11 is 0. The molecule has 0 fully saturated rings. The Morgan fingerprint density at radius 1 is 1.27 bits per heavy atom. The number of phenolic OH excluding ortho intramolecular Hbond substituents is 1. The number of fused-ring (bicyclic) bond motifs is 1. The Balaban J connectivity index is 2.71. The molecule has 2 aromatic rings. The van der Waals surface area contributed by atoms with Crippen molar-refractivity contribution in [3.05, 3.63) is 42.0 Å². The summed E-state index contributed by atoms with van der Waals surface area (Å²) in [5.74, 6) is 0.356. The molecule has 0 aliphatic rings. The lowest BCUT2D eigenvalue weighted by Crippen LogP contribution is -1.97. The van der Waals surface area contributed by atoms with Crippen LogP contribution in [-0.2, 0) is 0 Å². The van der Waals surface area contributed by atoms with Crippen LogP contribution < -0.4 is 0 Å². The lowest BCUT2D eigenvalue weighted by atomic mass is 10.0. The third kappa shape index (κ3) is 1.71. The standard InChI is InChI=1S/C13H12O2/c1-2-13(15)12-5-3-4-9-8-10(14)6-7-11(9)12/h3-8,14H,2H2,1H3. The number of aromatic hydroxyl groups is 1. The minimum atomic E-state index is 0.131. The van der Waals surface area contributed by atoms with E-state index in [2.05, 4.69) is 0 Å². The molecule has 2 heteroatoms. The van der Waals surface area contributed by atoms with Gasteiger partial charge in [0.15, 0.2) is 5.78 Å². The fraction of sp³-hybridized carbons (Fsp3) is 0.154. The molecule has 0 saturated heterocycles. The summed E-state index contributed by atoms with van der Waals surface area (Å²) in [6.07, 6.45) is 0.500. The van der Waals surface area contributed by atoms with E-state index in [0.717, 1.165) is 16.3 Å². The molecule has 0 amide bonds. The van der Waals surface area contributed by atoms with Gasteiger partial charge in [0.1, 0.15) is 5.75 Å². The van der Waals surface area contributed by atoms with Gasteiger partial charge in [0.05, 0.1) is 0 Å². The average molecular weight is 200 g/mol. The molecule has 2 rings (SSSR count). The number of hydrogen-bond donors (Lipinski definition) is 1. The van der Waals surface area contributed by atoms with E-state index in [4.69, 9.17) is 0 Å². The van der Waals surface area contributed by atoms with Crippen LogP contribution in [-0.4, -0.2) is 10.9 Å². The largest absolute Gasteiger partial charge is 0.508 e. The van der Waals surface area contributed by atoms with Gasteiger partial charge in [-0.05, 0) is 29.0 Å². The van der Waals surface area contributed by atoms with E-state index in [1.54, 1.807) is 18.2 Å². The Kier molecular flexibility index (Phi) is 2.42. The van der Waals surface area contributed by atoms with E-state index in [1.807, 2.05) is 25.1 Å². The molecule has 0 bridgehead atoms. The number of rotatable bonds is 2. The quantitative estimate of drug-likeness (QED) is 0.756. The zero-order valence-electron chi connectivity index (χ0n) is 8.53. The lowest BCUT2D eigenvalue weighted by molar-refractivity contribution is 0.0989. The van der Waals surface area contributed by atoms with E-state index < -0.39 is 0 Å². The molecule has 0 saturated carbocycles. The maximum Gasteiger partial charge on any atom is 0.163 e. The summed E-state index contributed by atoms with van der Waals surface area (Å²) < 4.78 is 0. The van der Waals surface area contributed by atoms with Crippen molar-refractivity contribution in [2.75, 3.05) is 0 Å². The Bertz CT molecular complexity index is 515. The average Bonchev–Trinajstić information content (AvgIpc) is 2.26. The third-order valence-electron chi connectivity index (χ3n) is 2.49. The maximum absolute atomic E-state index is 11.6. The predicted molar refractivity (Wildman–Crippen MR) is 60.2 cm³/mol. The van der Waals surface area contributed by atoms with E-state index in [0.29, 0.717) is 6.42 Å². The number of hydrogen-bond acceptors (Lipinski definition) is 2. The van der Waals surface area contributed by atoms with Crippen molar-refractivity contribution in [2.24, 2.45) is 0 Å². The molecule has 2 aromatic carbocycles. The van der Waals surface area contributed by atoms with Gasteiger partial charge in [-0.3, -0.25) is 4.79 Å². The number of benzene rings is 2. The molecule has 1 N–H and O–H groups in total. The zero-order valence-corrected chi connectivity index (χ0v) is 8.53. The van der Waals surface area contributed by atoms with Gasteiger partial charge >= 0.3 is 0 Å². The van der Waals surface area contributed by atoms with E-state index in [1.165, 1.54) is 0 Å². The zero-order chi connectivity index (χ0) is 10.8. The van der Waals surface area contributed by atoms with Crippen LogP contribution in [0.1, 0.15) is 23.7 Å².